The lowest BCUT2D eigenvalue weighted by molar-refractivity contribution is -0.120. The minimum Gasteiger partial charge on any atom is -0.497 e. The summed E-state index contributed by atoms with van der Waals surface area (Å²) in [5, 5.41) is 3.00. The van der Waals surface area contributed by atoms with E-state index in [1.165, 1.54) is 10.4 Å². The van der Waals surface area contributed by atoms with Gasteiger partial charge in [0.15, 0.2) is 0 Å². The maximum atomic E-state index is 12.7. The molecule has 0 unspecified atom stereocenters. The van der Waals surface area contributed by atoms with Gasteiger partial charge in [0.1, 0.15) is 5.75 Å². The maximum absolute atomic E-state index is 12.7. The molecule has 1 aromatic carbocycles. The molecule has 4 rings (SSSR count). The first-order chi connectivity index (χ1) is 13.1. The van der Waals surface area contributed by atoms with Gasteiger partial charge in [0.2, 0.25) is 5.91 Å². The monoisotopic (exact) mass is 384 g/mol. The molecular weight excluding hydrogens is 360 g/mol. The maximum Gasteiger partial charge on any atom is 0.263 e. The van der Waals surface area contributed by atoms with Crippen LogP contribution in [0, 0.1) is 5.92 Å². The molecule has 2 aliphatic rings. The van der Waals surface area contributed by atoms with Crippen molar-refractivity contribution in [2.45, 2.75) is 32.1 Å². The Morgan fingerprint density at radius 2 is 2.04 bits per heavy atom. The average molecular weight is 385 g/mol. The van der Waals surface area contributed by atoms with Gasteiger partial charge in [-0.15, -0.1) is 11.3 Å². The molecule has 142 valence electrons. The van der Waals surface area contributed by atoms with E-state index in [-0.39, 0.29) is 17.7 Å². The van der Waals surface area contributed by atoms with Crippen molar-refractivity contribution in [3.8, 4) is 5.75 Å². The van der Waals surface area contributed by atoms with Gasteiger partial charge in [-0.2, -0.15) is 0 Å². The van der Waals surface area contributed by atoms with Crippen LogP contribution >= 0.6 is 11.3 Å². The smallest absolute Gasteiger partial charge is 0.263 e. The van der Waals surface area contributed by atoms with Crippen molar-refractivity contribution in [2.75, 3.05) is 25.5 Å². The summed E-state index contributed by atoms with van der Waals surface area (Å²) in [5.41, 5.74) is 1.92. The Morgan fingerprint density at radius 1 is 1.22 bits per heavy atom. The van der Waals surface area contributed by atoms with Crippen LogP contribution in [0.15, 0.2) is 30.3 Å². The molecule has 2 aromatic rings. The van der Waals surface area contributed by atoms with E-state index in [1.807, 2.05) is 35.2 Å². The number of likely N-dealkylation sites (tertiary alicyclic amines) is 1. The highest BCUT2D eigenvalue weighted by atomic mass is 32.1. The fourth-order valence-electron chi connectivity index (χ4n) is 3.87. The predicted molar refractivity (Wildman–Crippen MR) is 107 cm³/mol. The molecule has 1 aliphatic carbocycles. The number of fused-ring (bicyclic) bond motifs is 1. The van der Waals surface area contributed by atoms with Gasteiger partial charge in [0, 0.05) is 35.6 Å². The van der Waals surface area contributed by atoms with E-state index in [2.05, 4.69) is 5.32 Å². The summed E-state index contributed by atoms with van der Waals surface area (Å²) in [6.07, 6.45) is 4.59. The number of rotatable bonds is 4. The van der Waals surface area contributed by atoms with Crippen LogP contribution in [0.1, 0.15) is 39.4 Å². The molecule has 0 bridgehead atoms. The van der Waals surface area contributed by atoms with Gasteiger partial charge in [-0.1, -0.05) is 6.07 Å². The third kappa shape index (κ3) is 3.86. The van der Waals surface area contributed by atoms with E-state index in [0.29, 0.717) is 6.42 Å². The normalized spacial score (nSPS) is 18.9. The lowest BCUT2D eigenvalue weighted by Crippen LogP contribution is -2.27. The summed E-state index contributed by atoms with van der Waals surface area (Å²) in [4.78, 5) is 29.4. The number of carbonyl (C=O) groups is 2. The number of carbonyl (C=O) groups excluding carboxylic acids is 2. The van der Waals surface area contributed by atoms with Gasteiger partial charge in [0.25, 0.3) is 5.91 Å². The molecule has 1 N–H and O–H groups in total. The highest BCUT2D eigenvalue weighted by molar-refractivity contribution is 7.14. The molecule has 6 heteroatoms. The Balaban J connectivity index is 1.43. The molecule has 0 spiro atoms. The average Bonchev–Trinajstić information content (AvgIpc) is 3.36. The number of amides is 2. The largest absolute Gasteiger partial charge is 0.497 e. The fourth-order valence-corrected chi connectivity index (χ4v) is 5.05. The third-order valence-electron chi connectivity index (χ3n) is 5.39. The first-order valence-electron chi connectivity index (χ1n) is 9.50. The van der Waals surface area contributed by atoms with Crippen LogP contribution < -0.4 is 10.1 Å². The standard InChI is InChI=1S/C21H24N2O3S/c1-26-17-6-4-5-16(13-17)22-20(24)14-7-8-18-15(11-14)12-19(27-18)21(25)23-9-2-3-10-23/h4-6,12-14H,2-3,7-11H2,1H3,(H,22,24)/t14-/m1/s1. The van der Waals surface area contributed by atoms with Crippen LogP contribution in [0.2, 0.25) is 0 Å². The van der Waals surface area contributed by atoms with Crippen molar-refractivity contribution in [1.29, 1.82) is 0 Å². The van der Waals surface area contributed by atoms with Crippen LogP contribution in [0.25, 0.3) is 0 Å². The van der Waals surface area contributed by atoms with Gasteiger partial charge in [-0.3, -0.25) is 9.59 Å². The highest BCUT2D eigenvalue weighted by Gasteiger charge is 2.29. The highest BCUT2D eigenvalue weighted by Crippen LogP contribution is 2.34. The molecule has 2 heterocycles. The number of aryl methyl sites for hydroxylation is 1. The SMILES string of the molecule is COc1cccc(NC(=O)[C@@H]2CCc3sc(C(=O)N4CCCC4)cc3C2)c1. The van der Waals surface area contributed by atoms with Gasteiger partial charge in [0.05, 0.1) is 12.0 Å². The summed E-state index contributed by atoms with van der Waals surface area (Å²) in [6.45, 7) is 1.74. The molecule has 1 aliphatic heterocycles. The molecule has 1 aromatic heterocycles. The minimum atomic E-state index is -0.0620. The predicted octanol–water partition coefficient (Wildman–Crippen LogP) is 3.74. The number of benzene rings is 1. The van der Waals surface area contributed by atoms with Crippen molar-refractivity contribution in [1.82, 2.24) is 4.90 Å². The molecule has 0 saturated carbocycles. The Labute approximate surface area is 163 Å². The molecule has 0 radical (unpaired) electrons. The van der Waals surface area contributed by atoms with Gasteiger partial charge in [-0.25, -0.2) is 0 Å². The number of methoxy groups -OCH3 is 1. The molecule has 2 amide bonds. The van der Waals surface area contributed by atoms with Crippen molar-refractivity contribution in [3.05, 3.63) is 45.6 Å². The van der Waals surface area contributed by atoms with E-state index >= 15 is 0 Å². The Hall–Kier alpha value is -2.34. The topological polar surface area (TPSA) is 58.6 Å². The molecule has 1 saturated heterocycles. The van der Waals surface area contributed by atoms with E-state index in [9.17, 15) is 9.59 Å². The number of nitrogens with one attached hydrogen (secondary N) is 1. The first kappa shape index (κ1) is 18.0. The van der Waals surface area contributed by atoms with Crippen LogP contribution in [0.5, 0.6) is 5.75 Å². The summed E-state index contributed by atoms with van der Waals surface area (Å²) in [5.74, 6) is 0.853. The molecule has 27 heavy (non-hydrogen) atoms. The molecule has 1 fully saturated rings. The van der Waals surface area contributed by atoms with Crippen LogP contribution in [0.3, 0.4) is 0 Å². The van der Waals surface area contributed by atoms with Crippen LogP contribution in [-0.2, 0) is 17.6 Å². The van der Waals surface area contributed by atoms with Crippen molar-refractivity contribution in [3.63, 3.8) is 0 Å². The molecule has 5 nitrogen and oxygen atoms in total. The second-order valence-corrected chi connectivity index (χ2v) is 8.36. The molecular formula is C21H24N2O3S. The summed E-state index contributed by atoms with van der Waals surface area (Å²) in [7, 11) is 1.61. The van der Waals surface area contributed by atoms with Gasteiger partial charge in [-0.05, 0) is 55.9 Å². The van der Waals surface area contributed by atoms with Crippen molar-refractivity contribution in [2.24, 2.45) is 5.92 Å². The zero-order valence-electron chi connectivity index (χ0n) is 15.5. The third-order valence-corrected chi connectivity index (χ3v) is 6.62. The quantitative estimate of drug-likeness (QED) is 0.874. The number of hydrogen-bond donors (Lipinski definition) is 1. The second kappa shape index (κ2) is 7.72. The summed E-state index contributed by atoms with van der Waals surface area (Å²) in [6, 6.07) is 9.43. The van der Waals surface area contributed by atoms with E-state index < -0.39 is 0 Å². The van der Waals surface area contributed by atoms with E-state index in [1.54, 1.807) is 18.4 Å². The fraction of sp³-hybridized carbons (Fsp3) is 0.429. The Bertz CT molecular complexity index is 855. The number of anilines is 1. The van der Waals surface area contributed by atoms with Gasteiger partial charge >= 0.3 is 0 Å². The Kier molecular flexibility index (Phi) is 5.16. The summed E-state index contributed by atoms with van der Waals surface area (Å²) < 4.78 is 5.21. The number of hydrogen-bond acceptors (Lipinski definition) is 4. The lowest BCUT2D eigenvalue weighted by Gasteiger charge is -2.21. The van der Waals surface area contributed by atoms with Gasteiger partial charge < -0.3 is 15.0 Å². The van der Waals surface area contributed by atoms with Crippen LogP contribution in [-0.4, -0.2) is 36.9 Å². The van der Waals surface area contributed by atoms with Crippen molar-refractivity contribution >= 4 is 28.8 Å². The van der Waals surface area contributed by atoms with Crippen molar-refractivity contribution < 1.29 is 14.3 Å². The second-order valence-electron chi connectivity index (χ2n) is 7.22. The zero-order chi connectivity index (χ0) is 18.8. The van der Waals surface area contributed by atoms with E-state index in [4.69, 9.17) is 4.74 Å². The zero-order valence-corrected chi connectivity index (χ0v) is 16.3. The number of thiophene rings is 1. The molecule has 1 atom stereocenters. The lowest BCUT2D eigenvalue weighted by atomic mass is 9.87. The minimum absolute atomic E-state index is 0.0347. The van der Waals surface area contributed by atoms with Crippen LogP contribution in [0.4, 0.5) is 5.69 Å². The first-order valence-corrected chi connectivity index (χ1v) is 10.3. The Morgan fingerprint density at radius 3 is 2.81 bits per heavy atom. The number of ether oxygens (including phenoxy) is 1. The number of nitrogens with zero attached hydrogens (tertiary/aromatic N) is 1. The van der Waals surface area contributed by atoms with E-state index in [0.717, 1.165) is 55.1 Å². The summed E-state index contributed by atoms with van der Waals surface area (Å²) >= 11 is 1.61.